The minimum atomic E-state index is 0. The molecule has 0 saturated carbocycles. The molecule has 0 aromatic heterocycles. The number of halogens is 1. The van der Waals surface area contributed by atoms with Crippen LogP contribution in [-0.4, -0.2) is 19.3 Å². The van der Waals surface area contributed by atoms with E-state index in [1.54, 1.807) is 0 Å². The number of hydrogen-bond donors (Lipinski definition) is 1. The summed E-state index contributed by atoms with van der Waals surface area (Å²) in [6, 6.07) is 0. The van der Waals surface area contributed by atoms with Crippen molar-refractivity contribution in [3.63, 3.8) is 0 Å². The van der Waals surface area contributed by atoms with Crippen LogP contribution in [-0.2, 0) is 4.74 Å². The molecule has 2 N–H and O–H groups in total. The van der Waals surface area contributed by atoms with Crippen LogP contribution in [0.15, 0.2) is 0 Å². The monoisotopic (exact) mass is 151 g/mol. The molecule has 3 heteroatoms. The Kier molecular flexibility index (Phi) is 5.15. The highest BCUT2D eigenvalue weighted by Gasteiger charge is 2.10. The lowest BCUT2D eigenvalue weighted by Gasteiger charge is -2.20. The van der Waals surface area contributed by atoms with E-state index in [4.69, 9.17) is 10.5 Å². The van der Waals surface area contributed by atoms with Gasteiger partial charge >= 0.3 is 0 Å². The highest BCUT2D eigenvalue weighted by atomic mass is 35.5. The Labute approximate surface area is 62.2 Å². The van der Waals surface area contributed by atoms with E-state index in [0.717, 1.165) is 13.0 Å². The third-order valence-corrected chi connectivity index (χ3v) is 1.54. The van der Waals surface area contributed by atoms with E-state index >= 15 is 0 Å². The Morgan fingerprint density at radius 2 is 2.22 bits per heavy atom. The molecule has 1 unspecified atom stereocenters. The number of rotatable bonds is 1. The Balaban J connectivity index is 0.000000640. The van der Waals surface area contributed by atoms with Crippen molar-refractivity contribution >= 4 is 12.4 Å². The summed E-state index contributed by atoms with van der Waals surface area (Å²) in [7, 11) is 0. The summed E-state index contributed by atoms with van der Waals surface area (Å²) < 4.78 is 5.30. The predicted molar refractivity (Wildman–Crippen MR) is 39.9 cm³/mol. The standard InChI is InChI=1S/C6H13NO.ClH/c7-5-6-3-1-2-4-8-6;/h6H,1-5,7H2;1H. The van der Waals surface area contributed by atoms with Gasteiger partial charge in [-0.05, 0) is 19.3 Å². The first-order valence-corrected chi connectivity index (χ1v) is 3.25. The molecule has 56 valence electrons. The van der Waals surface area contributed by atoms with Gasteiger partial charge in [-0.1, -0.05) is 0 Å². The molecule has 0 radical (unpaired) electrons. The molecule has 0 bridgehead atoms. The maximum absolute atomic E-state index is 5.38. The fraction of sp³-hybridized carbons (Fsp3) is 1.00. The van der Waals surface area contributed by atoms with Crippen LogP contribution >= 0.6 is 12.4 Å². The predicted octanol–water partition coefficient (Wildman–Crippen LogP) is 0.936. The summed E-state index contributed by atoms with van der Waals surface area (Å²) in [6.45, 7) is 1.61. The van der Waals surface area contributed by atoms with E-state index in [0.29, 0.717) is 12.6 Å². The van der Waals surface area contributed by atoms with Gasteiger partial charge < -0.3 is 10.5 Å². The molecule has 1 saturated heterocycles. The maximum atomic E-state index is 5.38. The number of nitrogens with two attached hydrogens (primary N) is 1. The third kappa shape index (κ3) is 3.04. The van der Waals surface area contributed by atoms with Gasteiger partial charge in [0.15, 0.2) is 0 Å². The van der Waals surface area contributed by atoms with Crippen LogP contribution in [0.2, 0.25) is 0 Å². The molecular formula is C6H14ClNO. The second-order valence-corrected chi connectivity index (χ2v) is 2.22. The smallest absolute Gasteiger partial charge is 0.0697 e. The van der Waals surface area contributed by atoms with Crippen molar-refractivity contribution in [1.82, 2.24) is 0 Å². The second-order valence-electron chi connectivity index (χ2n) is 2.22. The number of hydrogen-bond acceptors (Lipinski definition) is 2. The van der Waals surface area contributed by atoms with Gasteiger partial charge in [0.05, 0.1) is 6.10 Å². The highest BCUT2D eigenvalue weighted by Crippen LogP contribution is 2.10. The van der Waals surface area contributed by atoms with E-state index < -0.39 is 0 Å². The molecule has 0 spiro atoms. The van der Waals surface area contributed by atoms with Crippen LogP contribution < -0.4 is 5.73 Å². The van der Waals surface area contributed by atoms with Gasteiger partial charge in [-0.25, -0.2) is 0 Å². The molecule has 0 aromatic rings. The fourth-order valence-electron chi connectivity index (χ4n) is 0.993. The van der Waals surface area contributed by atoms with Crippen LogP contribution in [0.5, 0.6) is 0 Å². The van der Waals surface area contributed by atoms with Crippen molar-refractivity contribution < 1.29 is 4.74 Å². The fourth-order valence-corrected chi connectivity index (χ4v) is 0.993. The van der Waals surface area contributed by atoms with E-state index in [1.165, 1.54) is 12.8 Å². The Morgan fingerprint density at radius 1 is 1.44 bits per heavy atom. The van der Waals surface area contributed by atoms with Crippen molar-refractivity contribution in [2.45, 2.75) is 25.4 Å². The van der Waals surface area contributed by atoms with Crippen molar-refractivity contribution in [1.29, 1.82) is 0 Å². The zero-order valence-electron chi connectivity index (χ0n) is 5.51. The number of ether oxygens (including phenoxy) is 1. The van der Waals surface area contributed by atoms with Crippen molar-refractivity contribution in [2.24, 2.45) is 5.73 Å². The maximum Gasteiger partial charge on any atom is 0.0697 e. The molecule has 2 nitrogen and oxygen atoms in total. The minimum absolute atomic E-state index is 0. The quantitative estimate of drug-likeness (QED) is 0.606. The van der Waals surface area contributed by atoms with Gasteiger partial charge in [0.25, 0.3) is 0 Å². The topological polar surface area (TPSA) is 35.2 Å². The third-order valence-electron chi connectivity index (χ3n) is 1.54. The summed E-state index contributed by atoms with van der Waals surface area (Å²) in [6.07, 6.45) is 4.04. The summed E-state index contributed by atoms with van der Waals surface area (Å²) in [5.74, 6) is 0. The summed E-state index contributed by atoms with van der Waals surface area (Å²) in [5.41, 5.74) is 5.38. The molecule has 0 amide bonds. The molecular weight excluding hydrogens is 138 g/mol. The Morgan fingerprint density at radius 3 is 2.56 bits per heavy atom. The summed E-state index contributed by atoms with van der Waals surface area (Å²) in [4.78, 5) is 0. The Hall–Kier alpha value is 0.210. The van der Waals surface area contributed by atoms with Crippen LogP contribution in [0, 0.1) is 0 Å². The molecule has 9 heavy (non-hydrogen) atoms. The van der Waals surface area contributed by atoms with Gasteiger partial charge in [-0.3, -0.25) is 0 Å². The Bertz CT molecular complexity index is 64.1. The van der Waals surface area contributed by atoms with E-state index in [2.05, 4.69) is 0 Å². The minimum Gasteiger partial charge on any atom is -0.377 e. The molecule has 1 rings (SSSR count). The molecule has 1 heterocycles. The molecule has 1 aliphatic rings. The molecule has 1 atom stereocenters. The summed E-state index contributed by atoms with van der Waals surface area (Å²) in [5, 5.41) is 0. The van der Waals surface area contributed by atoms with E-state index in [-0.39, 0.29) is 12.4 Å². The van der Waals surface area contributed by atoms with Crippen LogP contribution in [0.3, 0.4) is 0 Å². The van der Waals surface area contributed by atoms with Crippen LogP contribution in [0.1, 0.15) is 19.3 Å². The van der Waals surface area contributed by atoms with E-state index in [9.17, 15) is 0 Å². The van der Waals surface area contributed by atoms with Gasteiger partial charge in [-0.2, -0.15) is 0 Å². The van der Waals surface area contributed by atoms with Gasteiger partial charge in [0.2, 0.25) is 0 Å². The average Bonchev–Trinajstić information content (AvgIpc) is 1.90. The highest BCUT2D eigenvalue weighted by molar-refractivity contribution is 5.85. The largest absolute Gasteiger partial charge is 0.377 e. The van der Waals surface area contributed by atoms with Crippen molar-refractivity contribution in [2.75, 3.05) is 13.2 Å². The van der Waals surface area contributed by atoms with Crippen molar-refractivity contribution in [3.8, 4) is 0 Å². The van der Waals surface area contributed by atoms with Crippen LogP contribution in [0.25, 0.3) is 0 Å². The lowest BCUT2D eigenvalue weighted by molar-refractivity contribution is 0.0222. The molecule has 0 aliphatic carbocycles. The van der Waals surface area contributed by atoms with Gasteiger partial charge in [0.1, 0.15) is 0 Å². The molecule has 1 fully saturated rings. The van der Waals surface area contributed by atoms with Crippen LogP contribution in [0.4, 0.5) is 0 Å². The van der Waals surface area contributed by atoms with Gasteiger partial charge in [-0.15, -0.1) is 12.4 Å². The zero-order chi connectivity index (χ0) is 5.82. The molecule has 0 aromatic carbocycles. The lowest BCUT2D eigenvalue weighted by atomic mass is 10.1. The van der Waals surface area contributed by atoms with E-state index in [1.807, 2.05) is 0 Å². The summed E-state index contributed by atoms with van der Waals surface area (Å²) >= 11 is 0. The SMILES string of the molecule is Cl.NCC1CCCCO1. The lowest BCUT2D eigenvalue weighted by Crippen LogP contribution is -2.27. The normalized spacial score (nSPS) is 27.0. The average molecular weight is 152 g/mol. The van der Waals surface area contributed by atoms with Crippen molar-refractivity contribution in [3.05, 3.63) is 0 Å². The van der Waals surface area contributed by atoms with Gasteiger partial charge in [0, 0.05) is 13.2 Å². The second kappa shape index (κ2) is 5.03. The first-order chi connectivity index (χ1) is 3.93. The first kappa shape index (κ1) is 9.21. The molecule has 1 aliphatic heterocycles. The zero-order valence-corrected chi connectivity index (χ0v) is 6.32. The first-order valence-electron chi connectivity index (χ1n) is 3.25.